The van der Waals surface area contributed by atoms with Gasteiger partial charge in [0.15, 0.2) is 5.65 Å². The standard InChI is InChI=1S/C23H21N5O4S/c1-13-20-16(11-17(18-5-4-10-33-18)26-21(20)28(2)27-13)23(31)25-15-8-6-14(7-9-15)22(30)24-12-19(29)32-3/h4-11H,12H2,1-3H3,(H,24,30)(H,25,31). The largest absolute Gasteiger partial charge is 0.468 e. The minimum Gasteiger partial charge on any atom is -0.468 e. The number of amides is 2. The van der Waals surface area contributed by atoms with Crippen molar-refractivity contribution in [2.45, 2.75) is 6.92 Å². The molecule has 0 atom stereocenters. The third-order valence-corrected chi connectivity index (χ3v) is 5.91. The van der Waals surface area contributed by atoms with Gasteiger partial charge >= 0.3 is 5.97 Å². The molecule has 3 aromatic heterocycles. The quantitative estimate of drug-likeness (QED) is 0.425. The first-order valence-corrected chi connectivity index (χ1v) is 10.9. The Morgan fingerprint density at radius 2 is 1.88 bits per heavy atom. The van der Waals surface area contributed by atoms with E-state index >= 15 is 0 Å². The Hall–Kier alpha value is -4.05. The van der Waals surface area contributed by atoms with Gasteiger partial charge in [0.25, 0.3) is 11.8 Å². The number of ether oxygens (including phenoxy) is 1. The maximum absolute atomic E-state index is 13.2. The molecule has 3 heterocycles. The van der Waals surface area contributed by atoms with Crippen LogP contribution >= 0.6 is 11.3 Å². The van der Waals surface area contributed by atoms with Crippen LogP contribution in [0.5, 0.6) is 0 Å². The number of benzene rings is 1. The van der Waals surface area contributed by atoms with Gasteiger partial charge in [0.2, 0.25) is 0 Å². The highest BCUT2D eigenvalue weighted by atomic mass is 32.1. The zero-order chi connectivity index (χ0) is 23.5. The SMILES string of the molecule is COC(=O)CNC(=O)c1ccc(NC(=O)c2cc(-c3cccs3)nc3c2c(C)nn3C)cc1. The molecule has 0 spiro atoms. The number of anilines is 1. The normalized spacial score (nSPS) is 10.8. The zero-order valence-corrected chi connectivity index (χ0v) is 19.0. The van der Waals surface area contributed by atoms with Gasteiger partial charge in [-0.25, -0.2) is 4.98 Å². The number of fused-ring (bicyclic) bond motifs is 1. The number of esters is 1. The summed E-state index contributed by atoms with van der Waals surface area (Å²) in [6, 6.07) is 12.0. The first-order valence-electron chi connectivity index (χ1n) is 10.0. The van der Waals surface area contributed by atoms with Gasteiger partial charge in [0, 0.05) is 18.3 Å². The summed E-state index contributed by atoms with van der Waals surface area (Å²) < 4.78 is 6.17. The van der Waals surface area contributed by atoms with Gasteiger partial charge in [-0.1, -0.05) is 6.07 Å². The molecule has 0 aliphatic carbocycles. The minimum absolute atomic E-state index is 0.219. The van der Waals surface area contributed by atoms with Crippen LogP contribution < -0.4 is 10.6 Å². The van der Waals surface area contributed by atoms with Gasteiger partial charge in [0.1, 0.15) is 6.54 Å². The lowest BCUT2D eigenvalue weighted by atomic mass is 10.1. The number of nitrogens with zero attached hydrogens (tertiary/aromatic N) is 3. The number of carbonyl (C=O) groups is 3. The lowest BCUT2D eigenvalue weighted by molar-refractivity contribution is -0.139. The van der Waals surface area contributed by atoms with Gasteiger partial charge in [-0.2, -0.15) is 5.10 Å². The fourth-order valence-electron chi connectivity index (χ4n) is 3.40. The molecule has 10 heteroatoms. The van der Waals surface area contributed by atoms with Gasteiger partial charge < -0.3 is 15.4 Å². The minimum atomic E-state index is -0.538. The Kier molecular flexibility index (Phi) is 6.18. The van der Waals surface area contributed by atoms with Crippen LogP contribution in [0.2, 0.25) is 0 Å². The molecule has 0 radical (unpaired) electrons. The van der Waals surface area contributed by atoms with E-state index < -0.39 is 11.9 Å². The summed E-state index contributed by atoms with van der Waals surface area (Å²) in [5.74, 6) is -1.26. The van der Waals surface area contributed by atoms with Crippen molar-refractivity contribution in [2.75, 3.05) is 19.0 Å². The van der Waals surface area contributed by atoms with Crippen molar-refractivity contribution in [2.24, 2.45) is 7.05 Å². The highest BCUT2D eigenvalue weighted by molar-refractivity contribution is 7.13. The molecule has 2 amide bonds. The Morgan fingerprint density at radius 3 is 2.55 bits per heavy atom. The topological polar surface area (TPSA) is 115 Å². The summed E-state index contributed by atoms with van der Waals surface area (Å²) in [5, 5.41) is 12.4. The Morgan fingerprint density at radius 1 is 1.12 bits per heavy atom. The molecule has 0 saturated carbocycles. The van der Waals surface area contributed by atoms with Crippen molar-refractivity contribution in [3.8, 4) is 10.6 Å². The number of pyridine rings is 1. The molecule has 33 heavy (non-hydrogen) atoms. The smallest absolute Gasteiger partial charge is 0.325 e. The summed E-state index contributed by atoms with van der Waals surface area (Å²) >= 11 is 1.54. The molecule has 0 saturated heterocycles. The van der Waals surface area contributed by atoms with Crippen molar-refractivity contribution in [3.63, 3.8) is 0 Å². The summed E-state index contributed by atoms with van der Waals surface area (Å²) in [6.07, 6.45) is 0. The highest BCUT2D eigenvalue weighted by Crippen LogP contribution is 2.29. The van der Waals surface area contributed by atoms with E-state index in [1.54, 1.807) is 53.4 Å². The van der Waals surface area contributed by atoms with Gasteiger partial charge in [-0.15, -0.1) is 11.3 Å². The first kappa shape index (κ1) is 22.2. The second-order valence-electron chi connectivity index (χ2n) is 7.23. The van der Waals surface area contributed by atoms with Gasteiger partial charge in [-0.3, -0.25) is 19.1 Å². The molecule has 0 aliphatic rings. The number of aromatic nitrogens is 3. The molecular weight excluding hydrogens is 442 g/mol. The maximum Gasteiger partial charge on any atom is 0.325 e. The fraction of sp³-hybridized carbons (Fsp3) is 0.174. The molecule has 4 aromatic rings. The number of nitrogens with one attached hydrogen (secondary N) is 2. The lowest BCUT2D eigenvalue weighted by Gasteiger charge is -2.10. The summed E-state index contributed by atoms with van der Waals surface area (Å²) in [4.78, 5) is 42.2. The van der Waals surface area contributed by atoms with Crippen molar-refractivity contribution < 1.29 is 19.1 Å². The van der Waals surface area contributed by atoms with E-state index in [4.69, 9.17) is 4.98 Å². The van der Waals surface area contributed by atoms with Crippen molar-refractivity contribution in [1.29, 1.82) is 0 Å². The predicted molar refractivity (Wildman–Crippen MR) is 125 cm³/mol. The molecule has 9 nitrogen and oxygen atoms in total. The monoisotopic (exact) mass is 463 g/mol. The average molecular weight is 464 g/mol. The second-order valence-corrected chi connectivity index (χ2v) is 8.18. The van der Waals surface area contributed by atoms with Crippen LogP contribution in [0.15, 0.2) is 47.8 Å². The summed E-state index contributed by atoms with van der Waals surface area (Å²) in [5.41, 5.74) is 3.37. The number of thiophene rings is 1. The zero-order valence-electron chi connectivity index (χ0n) is 18.2. The van der Waals surface area contributed by atoms with Gasteiger partial charge in [0.05, 0.1) is 34.3 Å². The van der Waals surface area contributed by atoms with Crippen LogP contribution in [0.25, 0.3) is 21.6 Å². The van der Waals surface area contributed by atoms with E-state index in [1.807, 2.05) is 24.4 Å². The van der Waals surface area contributed by atoms with Crippen molar-refractivity contribution in [1.82, 2.24) is 20.1 Å². The van der Waals surface area contributed by atoms with E-state index in [9.17, 15) is 14.4 Å². The molecule has 1 aromatic carbocycles. The van der Waals surface area contributed by atoms with E-state index in [-0.39, 0.29) is 12.5 Å². The van der Waals surface area contributed by atoms with Crippen LogP contribution in [-0.4, -0.2) is 46.2 Å². The van der Waals surface area contributed by atoms with E-state index in [2.05, 4.69) is 20.5 Å². The van der Waals surface area contributed by atoms with E-state index in [0.717, 1.165) is 4.88 Å². The third-order valence-electron chi connectivity index (χ3n) is 5.01. The third kappa shape index (κ3) is 4.60. The molecular formula is C23H21N5O4S. The lowest BCUT2D eigenvalue weighted by Crippen LogP contribution is -2.30. The van der Waals surface area contributed by atoms with E-state index in [1.165, 1.54) is 7.11 Å². The van der Waals surface area contributed by atoms with Crippen molar-refractivity contribution in [3.05, 3.63) is 64.7 Å². The van der Waals surface area contributed by atoms with Crippen LogP contribution in [0.1, 0.15) is 26.4 Å². The van der Waals surface area contributed by atoms with Crippen molar-refractivity contribution >= 4 is 45.8 Å². The average Bonchev–Trinajstić information content (AvgIpc) is 3.45. The van der Waals surface area contributed by atoms with Crippen LogP contribution in [0.4, 0.5) is 5.69 Å². The Balaban J connectivity index is 1.59. The molecule has 0 fully saturated rings. The molecule has 0 bridgehead atoms. The summed E-state index contributed by atoms with van der Waals surface area (Å²) in [6.45, 7) is 1.62. The number of rotatable bonds is 6. The molecule has 2 N–H and O–H groups in total. The Bertz CT molecular complexity index is 1340. The van der Waals surface area contributed by atoms with Crippen LogP contribution in [0, 0.1) is 6.92 Å². The maximum atomic E-state index is 13.2. The number of hydrogen-bond donors (Lipinski definition) is 2. The first-order chi connectivity index (χ1) is 15.9. The van der Waals surface area contributed by atoms with Gasteiger partial charge in [-0.05, 0) is 48.7 Å². The number of aryl methyl sites for hydroxylation is 2. The second kappa shape index (κ2) is 9.21. The Labute approximate surface area is 193 Å². The fourth-order valence-corrected chi connectivity index (χ4v) is 4.09. The molecule has 0 aliphatic heterocycles. The molecule has 4 rings (SSSR count). The predicted octanol–water partition coefficient (Wildman–Crippen LogP) is 3.16. The number of hydrogen-bond acceptors (Lipinski definition) is 7. The highest BCUT2D eigenvalue weighted by Gasteiger charge is 2.20. The summed E-state index contributed by atoms with van der Waals surface area (Å²) in [7, 11) is 3.05. The molecule has 168 valence electrons. The van der Waals surface area contributed by atoms with Crippen LogP contribution in [0.3, 0.4) is 0 Å². The van der Waals surface area contributed by atoms with E-state index in [0.29, 0.717) is 39.2 Å². The molecule has 0 unspecified atom stereocenters. The number of carbonyl (C=O) groups excluding carboxylic acids is 3. The van der Waals surface area contributed by atoms with Crippen LogP contribution in [-0.2, 0) is 16.6 Å². The number of methoxy groups -OCH3 is 1.